The standard InChI is InChI=1S/C17H25NO5/c1-10(2)14-7-6-13(8-11(14)3)23-12(4)15(19)18-9-17(5,22)16(20)21/h6-8,10,12,22H,9H2,1-5H3,(H,18,19)(H,20,21). The molecule has 0 aliphatic rings. The molecule has 0 aliphatic carbocycles. The Morgan fingerprint density at radius 2 is 1.91 bits per heavy atom. The lowest BCUT2D eigenvalue weighted by Gasteiger charge is -2.21. The molecule has 0 aromatic heterocycles. The van der Waals surface area contributed by atoms with Crippen LogP contribution in [0.4, 0.5) is 0 Å². The van der Waals surface area contributed by atoms with Gasteiger partial charge in [-0.2, -0.15) is 0 Å². The molecule has 1 amide bonds. The summed E-state index contributed by atoms with van der Waals surface area (Å²) in [6, 6.07) is 5.64. The third kappa shape index (κ3) is 5.25. The summed E-state index contributed by atoms with van der Waals surface area (Å²) in [6.07, 6.45) is -0.802. The van der Waals surface area contributed by atoms with Crippen LogP contribution >= 0.6 is 0 Å². The van der Waals surface area contributed by atoms with Crippen LogP contribution in [0.15, 0.2) is 18.2 Å². The Morgan fingerprint density at radius 1 is 1.30 bits per heavy atom. The number of nitrogens with one attached hydrogen (secondary N) is 1. The average Bonchev–Trinajstić information content (AvgIpc) is 2.44. The minimum Gasteiger partial charge on any atom is -0.481 e. The Kier molecular flexibility index (Phi) is 6.15. The Bertz CT molecular complexity index is 580. The average molecular weight is 323 g/mol. The quantitative estimate of drug-likeness (QED) is 0.711. The zero-order chi connectivity index (χ0) is 17.8. The zero-order valence-corrected chi connectivity index (χ0v) is 14.2. The van der Waals surface area contributed by atoms with Crippen molar-refractivity contribution in [1.29, 1.82) is 0 Å². The van der Waals surface area contributed by atoms with E-state index in [1.54, 1.807) is 13.0 Å². The monoisotopic (exact) mass is 323 g/mol. The Labute approximate surface area is 136 Å². The van der Waals surface area contributed by atoms with Crippen LogP contribution in [0.5, 0.6) is 5.75 Å². The van der Waals surface area contributed by atoms with E-state index in [4.69, 9.17) is 9.84 Å². The molecule has 0 radical (unpaired) electrons. The molecule has 0 aliphatic heterocycles. The predicted molar refractivity (Wildman–Crippen MR) is 86.6 cm³/mol. The molecule has 0 heterocycles. The Balaban J connectivity index is 2.65. The van der Waals surface area contributed by atoms with E-state index < -0.39 is 23.6 Å². The van der Waals surface area contributed by atoms with Gasteiger partial charge in [-0.1, -0.05) is 19.9 Å². The topological polar surface area (TPSA) is 95.9 Å². The van der Waals surface area contributed by atoms with E-state index in [-0.39, 0.29) is 6.54 Å². The second-order valence-corrected chi connectivity index (χ2v) is 6.23. The first kappa shape index (κ1) is 19.0. The lowest BCUT2D eigenvalue weighted by molar-refractivity contribution is -0.156. The number of hydrogen-bond donors (Lipinski definition) is 3. The van der Waals surface area contributed by atoms with Crippen molar-refractivity contribution in [3.8, 4) is 5.75 Å². The first-order chi connectivity index (χ1) is 10.5. The van der Waals surface area contributed by atoms with E-state index in [1.165, 1.54) is 5.56 Å². The maximum absolute atomic E-state index is 11.9. The molecule has 0 fully saturated rings. The Morgan fingerprint density at radius 3 is 2.39 bits per heavy atom. The molecular formula is C17H25NO5. The van der Waals surface area contributed by atoms with Crippen LogP contribution in [-0.4, -0.2) is 40.3 Å². The van der Waals surface area contributed by atoms with Gasteiger partial charge in [0.1, 0.15) is 5.75 Å². The minimum atomic E-state index is -2.01. The van der Waals surface area contributed by atoms with E-state index in [1.807, 2.05) is 19.1 Å². The lowest BCUT2D eigenvalue weighted by atomic mass is 9.98. The third-order valence-corrected chi connectivity index (χ3v) is 3.61. The van der Waals surface area contributed by atoms with Gasteiger partial charge in [0.15, 0.2) is 11.7 Å². The van der Waals surface area contributed by atoms with Crippen molar-refractivity contribution >= 4 is 11.9 Å². The van der Waals surface area contributed by atoms with Gasteiger partial charge in [0, 0.05) is 0 Å². The van der Waals surface area contributed by atoms with Crippen LogP contribution in [-0.2, 0) is 9.59 Å². The van der Waals surface area contributed by atoms with Crippen LogP contribution in [0.25, 0.3) is 0 Å². The molecule has 6 nitrogen and oxygen atoms in total. The first-order valence-electron chi connectivity index (χ1n) is 7.55. The molecule has 0 saturated carbocycles. The second-order valence-electron chi connectivity index (χ2n) is 6.23. The number of hydrogen-bond acceptors (Lipinski definition) is 4. The van der Waals surface area contributed by atoms with Gasteiger partial charge < -0.3 is 20.3 Å². The van der Waals surface area contributed by atoms with Gasteiger partial charge in [-0.05, 0) is 49.9 Å². The molecule has 6 heteroatoms. The van der Waals surface area contributed by atoms with Gasteiger partial charge in [0.2, 0.25) is 0 Å². The predicted octanol–water partition coefficient (Wildman–Crippen LogP) is 1.84. The fourth-order valence-electron chi connectivity index (χ4n) is 2.11. The van der Waals surface area contributed by atoms with Crippen molar-refractivity contribution in [2.24, 2.45) is 0 Å². The summed E-state index contributed by atoms with van der Waals surface area (Å²) in [5, 5.41) is 20.7. The highest BCUT2D eigenvalue weighted by atomic mass is 16.5. The molecule has 0 spiro atoms. The van der Waals surface area contributed by atoms with Crippen molar-refractivity contribution in [2.45, 2.75) is 52.2 Å². The number of carbonyl (C=O) groups excluding carboxylic acids is 1. The molecule has 1 rings (SSSR count). The number of aryl methyl sites for hydroxylation is 1. The number of rotatable bonds is 7. The van der Waals surface area contributed by atoms with Crippen LogP contribution in [0.2, 0.25) is 0 Å². The number of ether oxygens (including phenoxy) is 1. The number of carbonyl (C=O) groups is 2. The van der Waals surface area contributed by atoms with E-state index in [2.05, 4.69) is 19.2 Å². The first-order valence-corrected chi connectivity index (χ1v) is 7.55. The third-order valence-electron chi connectivity index (χ3n) is 3.61. The summed E-state index contributed by atoms with van der Waals surface area (Å²) < 4.78 is 5.58. The fraction of sp³-hybridized carbons (Fsp3) is 0.529. The fourth-order valence-corrected chi connectivity index (χ4v) is 2.11. The summed E-state index contributed by atoms with van der Waals surface area (Å²) in [5.41, 5.74) is 0.288. The van der Waals surface area contributed by atoms with Crippen molar-refractivity contribution in [1.82, 2.24) is 5.32 Å². The smallest absolute Gasteiger partial charge is 0.337 e. The molecule has 0 bridgehead atoms. The van der Waals surface area contributed by atoms with E-state index in [0.717, 1.165) is 12.5 Å². The molecule has 0 saturated heterocycles. The molecule has 128 valence electrons. The summed E-state index contributed by atoms with van der Waals surface area (Å²) in [4.78, 5) is 22.7. The van der Waals surface area contributed by atoms with E-state index in [0.29, 0.717) is 11.7 Å². The molecule has 3 N–H and O–H groups in total. The van der Waals surface area contributed by atoms with Crippen molar-refractivity contribution in [2.75, 3.05) is 6.54 Å². The molecule has 23 heavy (non-hydrogen) atoms. The van der Waals surface area contributed by atoms with Gasteiger partial charge in [0.25, 0.3) is 5.91 Å². The maximum atomic E-state index is 11.9. The molecule has 1 aromatic carbocycles. The SMILES string of the molecule is Cc1cc(OC(C)C(=O)NCC(C)(O)C(=O)O)ccc1C(C)C. The largest absolute Gasteiger partial charge is 0.481 e. The van der Waals surface area contributed by atoms with Crippen molar-refractivity contribution in [3.05, 3.63) is 29.3 Å². The van der Waals surface area contributed by atoms with E-state index in [9.17, 15) is 14.7 Å². The molecular weight excluding hydrogens is 298 g/mol. The zero-order valence-electron chi connectivity index (χ0n) is 14.2. The minimum absolute atomic E-state index is 0.389. The van der Waals surface area contributed by atoms with Gasteiger partial charge in [-0.15, -0.1) is 0 Å². The highest BCUT2D eigenvalue weighted by Crippen LogP contribution is 2.24. The number of carboxylic acid groups (broad SMARTS) is 1. The van der Waals surface area contributed by atoms with Crippen molar-refractivity contribution in [3.63, 3.8) is 0 Å². The molecule has 2 unspecified atom stereocenters. The van der Waals surface area contributed by atoms with Crippen LogP contribution < -0.4 is 10.1 Å². The summed E-state index contributed by atoms with van der Waals surface area (Å²) in [7, 11) is 0. The van der Waals surface area contributed by atoms with Gasteiger partial charge in [-0.25, -0.2) is 4.79 Å². The Hall–Kier alpha value is -2.08. The number of aliphatic hydroxyl groups is 1. The van der Waals surface area contributed by atoms with Crippen molar-refractivity contribution < 1.29 is 24.5 Å². The molecule has 1 aromatic rings. The molecule has 2 atom stereocenters. The number of benzene rings is 1. The van der Waals surface area contributed by atoms with Gasteiger partial charge >= 0.3 is 5.97 Å². The van der Waals surface area contributed by atoms with Gasteiger partial charge in [-0.3, -0.25) is 4.79 Å². The van der Waals surface area contributed by atoms with Crippen LogP contribution in [0, 0.1) is 6.92 Å². The van der Waals surface area contributed by atoms with Crippen LogP contribution in [0.1, 0.15) is 44.7 Å². The van der Waals surface area contributed by atoms with Crippen LogP contribution in [0.3, 0.4) is 0 Å². The normalized spacial score (nSPS) is 14.9. The summed E-state index contributed by atoms with van der Waals surface area (Å²) >= 11 is 0. The number of carboxylic acids is 1. The second kappa shape index (κ2) is 7.46. The van der Waals surface area contributed by atoms with Gasteiger partial charge in [0.05, 0.1) is 6.54 Å². The number of aliphatic carboxylic acids is 1. The lowest BCUT2D eigenvalue weighted by Crippen LogP contribution is -2.49. The summed E-state index contributed by atoms with van der Waals surface area (Å²) in [5.74, 6) is -0.911. The summed E-state index contributed by atoms with van der Waals surface area (Å²) in [6.45, 7) is 8.49. The maximum Gasteiger partial charge on any atom is 0.337 e. The highest BCUT2D eigenvalue weighted by molar-refractivity contribution is 5.82. The highest BCUT2D eigenvalue weighted by Gasteiger charge is 2.31. The number of amides is 1. The van der Waals surface area contributed by atoms with E-state index >= 15 is 0 Å².